The van der Waals surface area contributed by atoms with Crippen molar-refractivity contribution in [3.63, 3.8) is 0 Å². The minimum atomic E-state index is -6.37. The molecule has 0 spiro atoms. The maximum Gasteiger partial charge on any atom is 0.459 e. The van der Waals surface area contributed by atoms with E-state index in [9.17, 15) is 35.5 Å². The molecule has 0 amide bonds. The van der Waals surface area contributed by atoms with Crippen molar-refractivity contribution in [1.29, 1.82) is 0 Å². The maximum absolute atomic E-state index is 13.1. The average molecular weight is 309 g/mol. The molecule has 0 saturated carbocycles. The lowest BCUT2D eigenvalue weighted by molar-refractivity contribution is -0.356. The molecule has 0 heterocycles. The third-order valence-electron chi connectivity index (χ3n) is 2.68. The van der Waals surface area contributed by atoms with Crippen LogP contribution in [-0.2, 0) is 4.79 Å². The van der Waals surface area contributed by atoms with Crippen LogP contribution < -0.4 is 0 Å². The normalized spacial score (nSPS) is 14.8. The standard InChI is InChI=1S/C11H14F7NO/c1-2-3-4-5-8(19-7-20)6-9(12,13)10(14,15)11(16,17)18/h8H,2-6H2,1H3. The molecule has 0 aromatic heterocycles. The highest BCUT2D eigenvalue weighted by Crippen LogP contribution is 2.48. The zero-order valence-electron chi connectivity index (χ0n) is 10.6. The smallest absolute Gasteiger partial charge is 0.211 e. The van der Waals surface area contributed by atoms with E-state index in [0.717, 1.165) is 6.08 Å². The van der Waals surface area contributed by atoms with Crippen molar-refractivity contribution in [2.75, 3.05) is 0 Å². The molecule has 0 aromatic carbocycles. The molecule has 1 unspecified atom stereocenters. The number of halogens is 7. The highest BCUT2D eigenvalue weighted by atomic mass is 19.4. The molecule has 2 nitrogen and oxygen atoms in total. The first kappa shape index (κ1) is 18.9. The largest absolute Gasteiger partial charge is 0.459 e. The molecule has 0 radical (unpaired) electrons. The molecule has 20 heavy (non-hydrogen) atoms. The first-order valence-electron chi connectivity index (χ1n) is 5.89. The van der Waals surface area contributed by atoms with E-state index in [4.69, 9.17) is 0 Å². The van der Waals surface area contributed by atoms with Crippen LogP contribution in [0.5, 0.6) is 0 Å². The molecule has 0 fully saturated rings. The predicted molar refractivity (Wildman–Crippen MR) is 56.6 cm³/mol. The van der Waals surface area contributed by atoms with Crippen LogP contribution in [0.4, 0.5) is 30.7 Å². The molecule has 0 aliphatic heterocycles. The fraction of sp³-hybridized carbons (Fsp3) is 0.909. The fourth-order valence-corrected chi connectivity index (χ4v) is 1.55. The van der Waals surface area contributed by atoms with Crippen molar-refractivity contribution in [3.05, 3.63) is 0 Å². The van der Waals surface area contributed by atoms with Crippen molar-refractivity contribution in [2.45, 2.75) is 63.1 Å². The van der Waals surface area contributed by atoms with Crippen LogP contribution in [0.2, 0.25) is 0 Å². The Morgan fingerprint density at radius 1 is 1.05 bits per heavy atom. The molecular weight excluding hydrogens is 295 g/mol. The van der Waals surface area contributed by atoms with Gasteiger partial charge in [-0.25, -0.2) is 9.79 Å². The summed E-state index contributed by atoms with van der Waals surface area (Å²) in [5.74, 6) is -11.5. The highest BCUT2D eigenvalue weighted by Gasteiger charge is 2.72. The van der Waals surface area contributed by atoms with Crippen molar-refractivity contribution >= 4 is 6.08 Å². The Morgan fingerprint density at radius 2 is 1.60 bits per heavy atom. The summed E-state index contributed by atoms with van der Waals surface area (Å²) in [5, 5.41) is 0. The Bertz CT molecular complexity index is 347. The molecule has 0 aliphatic rings. The minimum absolute atomic E-state index is 0.174. The molecule has 0 aliphatic carbocycles. The second-order valence-corrected chi connectivity index (χ2v) is 4.35. The number of aliphatic imine (C=N–C) groups is 1. The van der Waals surface area contributed by atoms with E-state index in [0.29, 0.717) is 19.3 Å². The number of rotatable bonds is 8. The number of nitrogens with zero attached hydrogens (tertiary/aromatic N) is 1. The lowest BCUT2D eigenvalue weighted by Gasteiger charge is -2.29. The van der Waals surface area contributed by atoms with Gasteiger partial charge in [-0.2, -0.15) is 30.7 Å². The summed E-state index contributed by atoms with van der Waals surface area (Å²) >= 11 is 0. The molecule has 0 rings (SSSR count). The van der Waals surface area contributed by atoms with Gasteiger partial charge >= 0.3 is 18.0 Å². The van der Waals surface area contributed by atoms with Crippen LogP contribution in [0.3, 0.4) is 0 Å². The van der Waals surface area contributed by atoms with Crippen LogP contribution in [0.1, 0.15) is 39.0 Å². The van der Waals surface area contributed by atoms with E-state index in [2.05, 4.69) is 4.99 Å². The number of hydrogen-bond acceptors (Lipinski definition) is 2. The summed E-state index contributed by atoms with van der Waals surface area (Å²) < 4.78 is 87.4. The van der Waals surface area contributed by atoms with Gasteiger partial charge in [0.25, 0.3) is 0 Å². The second-order valence-electron chi connectivity index (χ2n) is 4.35. The summed E-state index contributed by atoms with van der Waals surface area (Å²) in [6.45, 7) is 1.78. The monoisotopic (exact) mass is 309 g/mol. The Hall–Kier alpha value is -1.11. The van der Waals surface area contributed by atoms with Gasteiger partial charge in [0, 0.05) is 6.42 Å². The summed E-state index contributed by atoms with van der Waals surface area (Å²) in [7, 11) is 0. The quantitative estimate of drug-likeness (QED) is 0.281. The van der Waals surface area contributed by atoms with Crippen LogP contribution in [0.25, 0.3) is 0 Å². The first-order chi connectivity index (χ1) is 8.99. The third-order valence-corrected chi connectivity index (χ3v) is 2.68. The summed E-state index contributed by atoms with van der Waals surface area (Å²) in [6.07, 6.45) is -5.93. The number of unbranched alkanes of at least 4 members (excludes halogenated alkanes) is 2. The van der Waals surface area contributed by atoms with Gasteiger partial charge in [-0.05, 0) is 6.42 Å². The van der Waals surface area contributed by atoms with E-state index < -0.39 is 30.5 Å². The zero-order chi connectivity index (χ0) is 16.0. The molecule has 0 saturated heterocycles. The van der Waals surface area contributed by atoms with Crippen LogP contribution >= 0.6 is 0 Å². The maximum atomic E-state index is 13.1. The van der Waals surface area contributed by atoms with Gasteiger partial charge in [-0.3, -0.25) is 0 Å². The molecule has 0 bridgehead atoms. The summed E-state index contributed by atoms with van der Waals surface area (Å²) in [5.41, 5.74) is 0. The van der Waals surface area contributed by atoms with E-state index in [-0.39, 0.29) is 6.42 Å². The number of carbonyl (C=O) groups excluding carboxylic acids is 1. The Morgan fingerprint density at radius 3 is 2.00 bits per heavy atom. The fourth-order valence-electron chi connectivity index (χ4n) is 1.55. The summed E-state index contributed by atoms with van der Waals surface area (Å²) in [6, 6.07) is -1.61. The number of isocyanates is 1. The van der Waals surface area contributed by atoms with E-state index in [1.165, 1.54) is 0 Å². The Balaban J connectivity index is 4.96. The molecule has 0 aromatic rings. The van der Waals surface area contributed by atoms with Crippen molar-refractivity contribution in [3.8, 4) is 0 Å². The molecular formula is C11H14F7NO. The second kappa shape index (κ2) is 7.06. The minimum Gasteiger partial charge on any atom is -0.211 e. The van der Waals surface area contributed by atoms with E-state index >= 15 is 0 Å². The predicted octanol–water partition coefficient (Wildman–Crippen LogP) is 4.49. The number of hydrogen-bond donors (Lipinski definition) is 0. The topological polar surface area (TPSA) is 29.4 Å². The van der Waals surface area contributed by atoms with Crippen LogP contribution in [0, 0.1) is 0 Å². The molecule has 1 atom stereocenters. The van der Waals surface area contributed by atoms with Gasteiger partial charge in [-0.1, -0.05) is 26.2 Å². The lowest BCUT2D eigenvalue weighted by Crippen LogP contribution is -2.53. The first-order valence-corrected chi connectivity index (χ1v) is 5.89. The SMILES string of the molecule is CCCCCC(CC(F)(F)C(F)(F)C(F)(F)F)N=C=O. The van der Waals surface area contributed by atoms with Crippen molar-refractivity contribution < 1.29 is 35.5 Å². The van der Waals surface area contributed by atoms with E-state index in [1.54, 1.807) is 6.92 Å². The van der Waals surface area contributed by atoms with Gasteiger partial charge in [0.15, 0.2) is 0 Å². The van der Waals surface area contributed by atoms with Crippen molar-refractivity contribution in [1.82, 2.24) is 0 Å². The van der Waals surface area contributed by atoms with Crippen LogP contribution in [0.15, 0.2) is 4.99 Å². The Kier molecular flexibility index (Phi) is 6.67. The van der Waals surface area contributed by atoms with Gasteiger partial charge in [-0.15, -0.1) is 0 Å². The highest BCUT2D eigenvalue weighted by molar-refractivity contribution is 5.33. The lowest BCUT2D eigenvalue weighted by atomic mass is 9.98. The third kappa shape index (κ3) is 4.77. The molecule has 9 heteroatoms. The van der Waals surface area contributed by atoms with Gasteiger partial charge in [0.2, 0.25) is 6.08 Å². The Labute approximate surface area is 111 Å². The summed E-state index contributed by atoms with van der Waals surface area (Å²) in [4.78, 5) is 12.9. The van der Waals surface area contributed by atoms with Gasteiger partial charge in [0.05, 0.1) is 6.04 Å². The zero-order valence-corrected chi connectivity index (χ0v) is 10.6. The molecule has 0 N–H and O–H groups in total. The van der Waals surface area contributed by atoms with Gasteiger partial charge < -0.3 is 0 Å². The number of alkyl halides is 7. The average Bonchev–Trinajstić information content (AvgIpc) is 2.27. The van der Waals surface area contributed by atoms with Crippen molar-refractivity contribution in [2.24, 2.45) is 4.99 Å². The molecule has 118 valence electrons. The van der Waals surface area contributed by atoms with Gasteiger partial charge in [0.1, 0.15) is 0 Å². The van der Waals surface area contributed by atoms with E-state index in [1.807, 2.05) is 0 Å². The van der Waals surface area contributed by atoms with Crippen LogP contribution in [-0.4, -0.2) is 30.1 Å².